The van der Waals surface area contributed by atoms with Crippen LogP contribution in [0.25, 0.3) is 11.4 Å². The molecular formula is C17H14F2N4O2. The Morgan fingerprint density at radius 1 is 1.12 bits per heavy atom. The minimum Gasteiger partial charge on any atom is -0.493 e. The van der Waals surface area contributed by atoms with E-state index in [9.17, 15) is 8.78 Å². The number of nitrogens with zero attached hydrogens (tertiary/aromatic N) is 4. The zero-order valence-electron chi connectivity index (χ0n) is 13.2. The Morgan fingerprint density at radius 2 is 1.92 bits per heavy atom. The largest absolute Gasteiger partial charge is 0.493 e. The highest BCUT2D eigenvalue weighted by molar-refractivity contribution is 5.85. The molecule has 6 nitrogen and oxygen atoms in total. The van der Waals surface area contributed by atoms with E-state index in [1.54, 1.807) is 12.1 Å². The first-order valence-corrected chi connectivity index (χ1v) is 7.30. The van der Waals surface area contributed by atoms with Gasteiger partial charge >= 0.3 is 6.61 Å². The van der Waals surface area contributed by atoms with Crippen molar-refractivity contribution in [3.63, 3.8) is 0 Å². The smallest absolute Gasteiger partial charge is 0.387 e. The van der Waals surface area contributed by atoms with Gasteiger partial charge in [0.2, 0.25) is 0 Å². The summed E-state index contributed by atoms with van der Waals surface area (Å²) >= 11 is 0. The lowest BCUT2D eigenvalue weighted by molar-refractivity contribution is -0.0513. The van der Waals surface area contributed by atoms with Crippen molar-refractivity contribution in [3.8, 4) is 22.9 Å². The van der Waals surface area contributed by atoms with Crippen LogP contribution >= 0.6 is 0 Å². The summed E-state index contributed by atoms with van der Waals surface area (Å²) in [6.45, 7) is -2.97. The Balaban J connectivity index is 1.95. The molecule has 0 N–H and O–H groups in total. The van der Waals surface area contributed by atoms with Crippen molar-refractivity contribution in [2.75, 3.05) is 7.11 Å². The molecule has 0 aliphatic rings. The third-order valence-electron chi connectivity index (χ3n) is 3.32. The van der Waals surface area contributed by atoms with Crippen LogP contribution in [0, 0.1) is 0 Å². The molecule has 128 valence electrons. The van der Waals surface area contributed by atoms with E-state index < -0.39 is 6.61 Å². The number of para-hydroxylation sites is 1. The lowest BCUT2D eigenvalue weighted by Crippen LogP contribution is -2.06. The number of ether oxygens (including phenoxy) is 2. The molecule has 0 atom stereocenters. The monoisotopic (exact) mass is 344 g/mol. The van der Waals surface area contributed by atoms with E-state index in [4.69, 9.17) is 4.74 Å². The van der Waals surface area contributed by atoms with Gasteiger partial charge in [0, 0.05) is 11.1 Å². The molecule has 3 aromatic rings. The predicted octanol–water partition coefficient (Wildman–Crippen LogP) is 3.44. The zero-order chi connectivity index (χ0) is 17.6. The van der Waals surface area contributed by atoms with E-state index in [0.717, 1.165) is 5.56 Å². The van der Waals surface area contributed by atoms with Gasteiger partial charge in [-0.05, 0) is 12.1 Å². The van der Waals surface area contributed by atoms with E-state index in [1.807, 2.05) is 30.3 Å². The number of hydrogen-bond acceptors (Lipinski definition) is 5. The summed E-state index contributed by atoms with van der Waals surface area (Å²) in [6, 6.07) is 14.1. The van der Waals surface area contributed by atoms with Crippen molar-refractivity contribution < 1.29 is 18.3 Å². The molecule has 1 heterocycles. The van der Waals surface area contributed by atoms with Gasteiger partial charge in [-0.15, -0.1) is 10.2 Å². The summed E-state index contributed by atoms with van der Waals surface area (Å²) in [5.41, 5.74) is 1.17. The average Bonchev–Trinajstić information content (AvgIpc) is 3.09. The second-order valence-electron chi connectivity index (χ2n) is 4.87. The van der Waals surface area contributed by atoms with Crippen LogP contribution in [0.5, 0.6) is 11.5 Å². The quantitative estimate of drug-likeness (QED) is 0.643. The maximum absolute atomic E-state index is 12.7. The molecule has 0 radical (unpaired) electrons. The lowest BCUT2D eigenvalue weighted by Gasteiger charge is -2.12. The van der Waals surface area contributed by atoms with E-state index in [2.05, 4.69) is 20.0 Å². The normalized spacial score (nSPS) is 11.2. The third kappa shape index (κ3) is 3.79. The van der Waals surface area contributed by atoms with Crippen molar-refractivity contribution in [1.29, 1.82) is 0 Å². The van der Waals surface area contributed by atoms with E-state index in [-0.39, 0.29) is 11.5 Å². The number of methoxy groups -OCH3 is 1. The van der Waals surface area contributed by atoms with Gasteiger partial charge in [0.25, 0.3) is 0 Å². The first-order chi connectivity index (χ1) is 12.2. The molecule has 25 heavy (non-hydrogen) atoms. The fourth-order valence-corrected chi connectivity index (χ4v) is 2.23. The fourth-order valence-electron chi connectivity index (χ4n) is 2.23. The molecular weight excluding hydrogens is 330 g/mol. The second-order valence-corrected chi connectivity index (χ2v) is 4.87. The highest BCUT2D eigenvalue weighted by atomic mass is 19.3. The van der Waals surface area contributed by atoms with Crippen LogP contribution in [-0.2, 0) is 0 Å². The summed E-state index contributed by atoms with van der Waals surface area (Å²) in [7, 11) is 1.38. The molecule has 1 aromatic heterocycles. The Bertz CT molecular complexity index is 866. The minimum atomic E-state index is -2.97. The topological polar surface area (TPSA) is 61.5 Å². The summed E-state index contributed by atoms with van der Waals surface area (Å²) in [5, 5.41) is 12.1. The molecule has 8 heteroatoms. The summed E-state index contributed by atoms with van der Waals surface area (Å²) in [6.07, 6.45) is 2.81. The zero-order valence-corrected chi connectivity index (χ0v) is 13.2. The Hall–Kier alpha value is -3.29. The highest BCUT2D eigenvalue weighted by Gasteiger charge is 2.14. The van der Waals surface area contributed by atoms with E-state index in [0.29, 0.717) is 11.4 Å². The SMILES string of the molecule is COc1cccc(/C=N\n2cnnc2-c2ccccc2)c1OC(F)F. The third-order valence-corrected chi connectivity index (χ3v) is 3.32. The van der Waals surface area contributed by atoms with Crippen molar-refractivity contribution in [2.24, 2.45) is 5.10 Å². The molecule has 0 aliphatic heterocycles. The van der Waals surface area contributed by atoms with Gasteiger partial charge in [0.15, 0.2) is 17.3 Å². The number of alkyl halides is 2. The summed E-state index contributed by atoms with van der Waals surface area (Å²) < 4.78 is 36.4. The fraction of sp³-hybridized carbons (Fsp3) is 0.118. The molecule has 0 bridgehead atoms. The first-order valence-electron chi connectivity index (χ1n) is 7.30. The molecule has 0 spiro atoms. The minimum absolute atomic E-state index is 0.0851. The standard InChI is InChI=1S/C17H14F2N4O2/c1-24-14-9-5-8-13(15(14)25-17(18)19)10-21-23-11-20-22-16(23)12-6-3-2-4-7-12/h2-11,17H,1H3/b21-10-. The highest BCUT2D eigenvalue weighted by Crippen LogP contribution is 2.31. The van der Waals surface area contributed by atoms with Gasteiger partial charge < -0.3 is 9.47 Å². The Kier molecular flexibility index (Phi) is 4.98. The van der Waals surface area contributed by atoms with Crippen LogP contribution in [0.3, 0.4) is 0 Å². The number of aromatic nitrogens is 3. The molecule has 0 unspecified atom stereocenters. The van der Waals surface area contributed by atoms with Crippen LogP contribution in [0.4, 0.5) is 8.78 Å². The van der Waals surface area contributed by atoms with Gasteiger partial charge in [-0.3, -0.25) is 0 Å². The van der Waals surface area contributed by atoms with Gasteiger partial charge in [-0.25, -0.2) is 0 Å². The number of benzene rings is 2. The van der Waals surface area contributed by atoms with Crippen LogP contribution in [-0.4, -0.2) is 34.8 Å². The van der Waals surface area contributed by atoms with Gasteiger partial charge in [0.1, 0.15) is 6.33 Å². The summed E-state index contributed by atoms with van der Waals surface area (Å²) in [5.74, 6) is 0.630. The van der Waals surface area contributed by atoms with Gasteiger partial charge in [0.05, 0.1) is 13.3 Å². The Labute approximate surface area is 142 Å². The van der Waals surface area contributed by atoms with E-state index >= 15 is 0 Å². The molecule has 0 saturated carbocycles. The summed E-state index contributed by atoms with van der Waals surface area (Å²) in [4.78, 5) is 0. The first kappa shape index (κ1) is 16.6. The van der Waals surface area contributed by atoms with Crippen LogP contribution in [0.15, 0.2) is 60.0 Å². The number of hydrogen-bond donors (Lipinski definition) is 0. The number of rotatable bonds is 6. The van der Waals surface area contributed by atoms with Gasteiger partial charge in [-0.1, -0.05) is 36.4 Å². The predicted molar refractivity (Wildman–Crippen MR) is 88.1 cm³/mol. The van der Waals surface area contributed by atoms with Gasteiger partial charge in [-0.2, -0.15) is 18.6 Å². The number of halogens is 2. The van der Waals surface area contributed by atoms with E-state index in [1.165, 1.54) is 30.4 Å². The van der Waals surface area contributed by atoms with Crippen LogP contribution in [0.2, 0.25) is 0 Å². The molecule has 0 saturated heterocycles. The van der Waals surface area contributed by atoms with Crippen LogP contribution in [0.1, 0.15) is 5.56 Å². The van der Waals surface area contributed by atoms with Crippen molar-refractivity contribution in [1.82, 2.24) is 14.9 Å². The lowest BCUT2D eigenvalue weighted by atomic mass is 10.2. The van der Waals surface area contributed by atoms with Crippen LogP contribution < -0.4 is 9.47 Å². The molecule has 3 rings (SSSR count). The van der Waals surface area contributed by atoms with Crippen molar-refractivity contribution in [2.45, 2.75) is 6.61 Å². The average molecular weight is 344 g/mol. The molecule has 0 amide bonds. The molecule has 0 fully saturated rings. The molecule has 0 aliphatic carbocycles. The maximum atomic E-state index is 12.7. The van der Waals surface area contributed by atoms with Crippen molar-refractivity contribution in [3.05, 3.63) is 60.4 Å². The Morgan fingerprint density at radius 3 is 2.64 bits per heavy atom. The molecule has 2 aromatic carbocycles. The maximum Gasteiger partial charge on any atom is 0.387 e. The second kappa shape index (κ2) is 7.52. The van der Waals surface area contributed by atoms with Crippen molar-refractivity contribution >= 4 is 6.21 Å².